The summed E-state index contributed by atoms with van der Waals surface area (Å²) in [5.74, 6) is -1.66. The Kier molecular flexibility index (Phi) is 5.27. The second kappa shape index (κ2) is 7.59. The summed E-state index contributed by atoms with van der Waals surface area (Å²) in [5, 5.41) is 6.76. The number of methoxy groups -OCH3 is 1. The third kappa shape index (κ3) is 3.29. The van der Waals surface area contributed by atoms with Crippen LogP contribution in [0.2, 0.25) is 10.0 Å². The summed E-state index contributed by atoms with van der Waals surface area (Å²) >= 11 is 12.1. The number of carbonyl (C=O) groups is 2. The van der Waals surface area contributed by atoms with Gasteiger partial charge >= 0.3 is 5.97 Å². The molecule has 0 unspecified atom stereocenters. The monoisotopic (exact) mass is 436 g/mol. The fraction of sp³-hybridized carbons (Fsp3) is 0.333. The fourth-order valence-electron chi connectivity index (χ4n) is 4.47. The average Bonchev–Trinajstić information content (AvgIpc) is 3.20. The molecule has 3 atom stereocenters. The van der Waals surface area contributed by atoms with Crippen LogP contribution < -0.4 is 10.6 Å². The lowest BCUT2D eigenvalue weighted by Gasteiger charge is -2.30. The van der Waals surface area contributed by atoms with Gasteiger partial charge < -0.3 is 10.1 Å². The van der Waals surface area contributed by atoms with Gasteiger partial charge in [-0.1, -0.05) is 41.4 Å². The molecule has 1 saturated heterocycles. The van der Waals surface area contributed by atoms with Crippen LogP contribution in [0.3, 0.4) is 0 Å². The summed E-state index contributed by atoms with van der Waals surface area (Å²) in [7, 11) is 1.33. The van der Waals surface area contributed by atoms with E-state index in [0.717, 1.165) is 0 Å². The Labute approximate surface area is 177 Å². The molecule has 0 bridgehead atoms. The van der Waals surface area contributed by atoms with Crippen molar-refractivity contribution in [1.29, 1.82) is 0 Å². The Bertz CT molecular complexity index is 1000. The van der Waals surface area contributed by atoms with Gasteiger partial charge in [0.1, 0.15) is 11.4 Å². The molecule has 4 rings (SSSR count). The van der Waals surface area contributed by atoms with Crippen LogP contribution in [-0.2, 0) is 19.9 Å². The first-order chi connectivity index (χ1) is 13.9. The van der Waals surface area contributed by atoms with Crippen LogP contribution in [0.4, 0.5) is 10.1 Å². The van der Waals surface area contributed by atoms with E-state index in [1.807, 2.05) is 0 Å². The second-order valence-electron chi connectivity index (χ2n) is 7.34. The summed E-state index contributed by atoms with van der Waals surface area (Å²) in [5.41, 5.74) is 0.489. The maximum Gasteiger partial charge on any atom is 0.305 e. The standard InChI is InChI=1S/C21H19Cl2FN2O3/c1-29-18(27)8-6-12-10-15(13-3-2-4-16(23)19(13)24)21(26-12)14-7-5-11(22)9-17(14)25-20(21)28/h2-5,7,9,12,15,26H,6,8,10H2,1H3,(H,25,28)/t12-,15+,21+/m0/s1. The van der Waals surface area contributed by atoms with E-state index in [1.165, 1.54) is 13.2 Å². The minimum absolute atomic E-state index is 0.00500. The molecule has 152 valence electrons. The first kappa shape index (κ1) is 20.1. The number of amides is 1. The Morgan fingerprint density at radius 1 is 1.31 bits per heavy atom. The molecule has 1 spiro atoms. The SMILES string of the molecule is COC(=O)CC[C@H]1C[C@H](c2cccc(Cl)c2F)[C@@]2(N1)C(=O)Nc1cc(Cl)ccc12. The van der Waals surface area contributed by atoms with Crippen LogP contribution in [0.15, 0.2) is 36.4 Å². The molecular formula is C21H19Cl2FN2O3. The maximum atomic E-state index is 15.0. The Balaban J connectivity index is 1.80. The predicted octanol–water partition coefficient (Wildman–Crippen LogP) is 4.38. The first-order valence-corrected chi connectivity index (χ1v) is 10.0. The molecule has 2 heterocycles. The molecule has 0 saturated carbocycles. The van der Waals surface area contributed by atoms with E-state index < -0.39 is 17.3 Å². The van der Waals surface area contributed by atoms with Crippen molar-refractivity contribution in [3.05, 3.63) is 63.4 Å². The molecule has 2 aromatic carbocycles. The van der Waals surface area contributed by atoms with Crippen molar-refractivity contribution < 1.29 is 18.7 Å². The molecule has 29 heavy (non-hydrogen) atoms. The number of benzene rings is 2. The molecule has 1 amide bonds. The zero-order chi connectivity index (χ0) is 20.8. The van der Waals surface area contributed by atoms with Gasteiger partial charge in [0.05, 0.1) is 12.1 Å². The lowest BCUT2D eigenvalue weighted by Crippen LogP contribution is -2.49. The van der Waals surface area contributed by atoms with Crippen LogP contribution in [0, 0.1) is 5.82 Å². The molecule has 0 aliphatic carbocycles. The highest BCUT2D eigenvalue weighted by molar-refractivity contribution is 6.31. The van der Waals surface area contributed by atoms with Gasteiger partial charge in [-0.2, -0.15) is 0 Å². The van der Waals surface area contributed by atoms with Crippen LogP contribution >= 0.6 is 23.2 Å². The summed E-state index contributed by atoms with van der Waals surface area (Å²) in [6.45, 7) is 0. The zero-order valence-electron chi connectivity index (χ0n) is 15.6. The van der Waals surface area contributed by atoms with Crippen molar-refractivity contribution in [1.82, 2.24) is 5.32 Å². The zero-order valence-corrected chi connectivity index (χ0v) is 17.1. The molecule has 2 N–H and O–H groups in total. The van der Waals surface area contributed by atoms with Gasteiger partial charge in [0, 0.05) is 34.7 Å². The number of ether oxygens (including phenoxy) is 1. The molecular weight excluding hydrogens is 418 g/mol. The van der Waals surface area contributed by atoms with E-state index in [-0.39, 0.29) is 29.4 Å². The predicted molar refractivity (Wildman–Crippen MR) is 109 cm³/mol. The normalized spacial score (nSPS) is 25.2. The molecule has 0 radical (unpaired) electrons. The van der Waals surface area contributed by atoms with Crippen LogP contribution in [-0.4, -0.2) is 25.0 Å². The van der Waals surface area contributed by atoms with Crippen LogP contribution in [0.5, 0.6) is 0 Å². The van der Waals surface area contributed by atoms with E-state index in [1.54, 1.807) is 30.3 Å². The summed E-state index contributed by atoms with van der Waals surface area (Å²) in [6.07, 6.45) is 1.12. The first-order valence-electron chi connectivity index (χ1n) is 9.26. The third-order valence-corrected chi connectivity index (χ3v) is 6.30. The quantitative estimate of drug-likeness (QED) is 0.697. The van der Waals surface area contributed by atoms with E-state index >= 15 is 0 Å². The number of esters is 1. The lowest BCUT2D eigenvalue weighted by atomic mass is 9.76. The lowest BCUT2D eigenvalue weighted by molar-refractivity contribution is -0.140. The van der Waals surface area contributed by atoms with Gasteiger partial charge in [0.15, 0.2) is 0 Å². The number of hydrogen-bond acceptors (Lipinski definition) is 4. The van der Waals surface area contributed by atoms with Crippen LogP contribution in [0.25, 0.3) is 0 Å². The Hall–Kier alpha value is -2.15. The number of halogens is 3. The number of carbonyl (C=O) groups excluding carboxylic acids is 2. The molecule has 0 aromatic heterocycles. The molecule has 1 fully saturated rings. The van der Waals surface area contributed by atoms with Crippen molar-refractivity contribution in [2.24, 2.45) is 0 Å². The number of hydrogen-bond donors (Lipinski definition) is 2. The third-order valence-electron chi connectivity index (χ3n) is 5.77. The smallest absolute Gasteiger partial charge is 0.305 e. The molecule has 8 heteroatoms. The number of anilines is 1. The second-order valence-corrected chi connectivity index (χ2v) is 8.18. The van der Waals surface area contributed by atoms with Gasteiger partial charge in [0.25, 0.3) is 0 Å². The molecule has 2 aliphatic rings. The summed E-state index contributed by atoms with van der Waals surface area (Å²) < 4.78 is 19.7. The van der Waals surface area contributed by atoms with Crippen molar-refractivity contribution in [3.8, 4) is 0 Å². The Morgan fingerprint density at radius 3 is 2.86 bits per heavy atom. The Morgan fingerprint density at radius 2 is 2.10 bits per heavy atom. The molecule has 5 nitrogen and oxygen atoms in total. The minimum Gasteiger partial charge on any atom is -0.469 e. The van der Waals surface area contributed by atoms with E-state index in [9.17, 15) is 14.0 Å². The number of nitrogens with one attached hydrogen (secondary N) is 2. The minimum atomic E-state index is -1.17. The largest absolute Gasteiger partial charge is 0.469 e. The van der Waals surface area contributed by atoms with Gasteiger partial charge in [-0.25, -0.2) is 4.39 Å². The van der Waals surface area contributed by atoms with Crippen molar-refractivity contribution in [3.63, 3.8) is 0 Å². The summed E-state index contributed by atoms with van der Waals surface area (Å²) in [6, 6.07) is 9.78. The van der Waals surface area contributed by atoms with Crippen LogP contribution in [0.1, 0.15) is 36.3 Å². The van der Waals surface area contributed by atoms with Crippen molar-refractivity contribution in [2.45, 2.75) is 36.8 Å². The average molecular weight is 437 g/mol. The highest BCUT2D eigenvalue weighted by Gasteiger charge is 2.58. The van der Waals surface area contributed by atoms with Crippen molar-refractivity contribution in [2.75, 3.05) is 12.4 Å². The molecule has 2 aliphatic heterocycles. The summed E-state index contributed by atoms with van der Waals surface area (Å²) in [4.78, 5) is 24.8. The van der Waals surface area contributed by atoms with Gasteiger partial charge in [-0.05, 0) is 36.6 Å². The highest BCUT2D eigenvalue weighted by atomic mass is 35.5. The van der Waals surface area contributed by atoms with E-state index in [4.69, 9.17) is 27.9 Å². The number of rotatable bonds is 4. The highest BCUT2D eigenvalue weighted by Crippen LogP contribution is 2.53. The number of fused-ring (bicyclic) bond motifs is 2. The molecule has 2 aromatic rings. The van der Waals surface area contributed by atoms with Crippen molar-refractivity contribution >= 4 is 40.8 Å². The topological polar surface area (TPSA) is 67.4 Å². The fourth-order valence-corrected chi connectivity index (χ4v) is 4.83. The van der Waals surface area contributed by atoms with Gasteiger partial charge in [0.2, 0.25) is 5.91 Å². The van der Waals surface area contributed by atoms with Gasteiger partial charge in [-0.15, -0.1) is 0 Å². The van der Waals surface area contributed by atoms with E-state index in [2.05, 4.69) is 10.6 Å². The maximum absolute atomic E-state index is 15.0. The van der Waals surface area contributed by atoms with Gasteiger partial charge in [-0.3, -0.25) is 14.9 Å². The van der Waals surface area contributed by atoms with E-state index in [0.29, 0.717) is 34.7 Å².